The van der Waals surface area contributed by atoms with Gasteiger partial charge < -0.3 is 15.2 Å². The normalized spacial score (nSPS) is 19.3. The first kappa shape index (κ1) is 30.5. The zero-order valence-electron chi connectivity index (χ0n) is 27.2. The van der Waals surface area contributed by atoms with Crippen molar-refractivity contribution >= 4 is 51.3 Å². The van der Waals surface area contributed by atoms with E-state index in [2.05, 4.69) is 55.6 Å². The highest BCUT2D eigenvalue weighted by molar-refractivity contribution is 6.07. The lowest BCUT2D eigenvalue weighted by Crippen LogP contribution is -2.52. The number of hydrogen-bond donors (Lipinski definition) is 3. The molecule has 4 amide bonds. The Balaban J connectivity index is 0.997. The zero-order valence-corrected chi connectivity index (χ0v) is 27.2. The number of aromatic nitrogens is 4. The van der Waals surface area contributed by atoms with E-state index in [1.54, 1.807) is 29.1 Å². The van der Waals surface area contributed by atoms with Crippen LogP contribution < -0.4 is 10.6 Å². The Bertz CT molecular complexity index is 2270. The fourth-order valence-electron chi connectivity index (χ4n) is 7.30. The molecule has 0 radical (unpaired) electrons. The molecule has 0 saturated carbocycles. The second-order valence-corrected chi connectivity index (χ2v) is 13.0. The fraction of sp³-hybridized carbons (Fsp3) is 0.297. The molecule has 3 aliphatic rings. The lowest BCUT2D eigenvalue weighted by molar-refractivity contribution is -0.136. The summed E-state index contributed by atoms with van der Waals surface area (Å²) in [7, 11) is 2.14. The van der Waals surface area contributed by atoms with Gasteiger partial charge in [-0.15, -0.1) is 0 Å². The van der Waals surface area contributed by atoms with Crippen LogP contribution >= 0.6 is 0 Å². The maximum atomic E-state index is 13.4. The maximum Gasteiger partial charge on any atom is 0.256 e. The minimum absolute atomic E-state index is 0.198. The minimum Gasteiger partial charge on any atom is -0.357 e. The second-order valence-electron chi connectivity index (χ2n) is 13.0. The Morgan fingerprint density at radius 2 is 1.96 bits per heavy atom. The molecule has 12 heteroatoms. The highest BCUT2D eigenvalue weighted by atomic mass is 16.2. The number of pyridine rings is 1. The molecule has 8 rings (SSSR count). The van der Waals surface area contributed by atoms with Crippen LogP contribution in [-0.2, 0) is 22.7 Å². The number of hydrogen-bond acceptors (Lipinski definition) is 7. The van der Waals surface area contributed by atoms with Crippen LogP contribution in [0, 0.1) is 18.8 Å². The van der Waals surface area contributed by atoms with E-state index in [9.17, 15) is 19.2 Å². The average molecular weight is 655 g/mol. The number of aryl methyl sites for hydroxylation is 1. The average Bonchev–Trinajstić information content (AvgIpc) is 3.86. The number of benzene rings is 2. The number of piperidine rings is 1. The third-order valence-corrected chi connectivity index (χ3v) is 9.88. The van der Waals surface area contributed by atoms with Crippen LogP contribution in [0.15, 0.2) is 54.7 Å². The van der Waals surface area contributed by atoms with Crippen molar-refractivity contribution in [3.63, 3.8) is 0 Å². The summed E-state index contributed by atoms with van der Waals surface area (Å²) in [5.74, 6) is 5.56. The van der Waals surface area contributed by atoms with Gasteiger partial charge in [0.1, 0.15) is 18.4 Å². The smallest absolute Gasteiger partial charge is 0.256 e. The number of anilines is 1. The third-order valence-electron chi connectivity index (χ3n) is 9.88. The van der Waals surface area contributed by atoms with Crippen LogP contribution in [0.5, 0.6) is 0 Å². The Labute approximate surface area is 281 Å². The number of fused-ring (bicyclic) bond motifs is 3. The summed E-state index contributed by atoms with van der Waals surface area (Å²) in [5.41, 5.74) is 6.13. The van der Waals surface area contributed by atoms with Crippen molar-refractivity contribution in [1.29, 1.82) is 0 Å². The summed E-state index contributed by atoms with van der Waals surface area (Å²) in [5, 5.41) is 11.9. The molecule has 0 aliphatic carbocycles. The lowest BCUT2D eigenvalue weighted by Gasteiger charge is -2.29. The quantitative estimate of drug-likeness (QED) is 0.192. The molecular weight excluding hydrogens is 620 g/mol. The molecule has 6 heterocycles. The summed E-state index contributed by atoms with van der Waals surface area (Å²) in [6, 6.07) is 14.5. The van der Waals surface area contributed by atoms with Crippen LogP contribution in [0.25, 0.3) is 21.8 Å². The number of carbonyl (C=O) groups excluding carboxylic acids is 4. The van der Waals surface area contributed by atoms with E-state index in [1.807, 2.05) is 31.2 Å². The fourth-order valence-corrected chi connectivity index (χ4v) is 7.30. The largest absolute Gasteiger partial charge is 0.357 e. The zero-order chi connectivity index (χ0) is 33.8. The Morgan fingerprint density at radius 3 is 2.78 bits per heavy atom. The molecule has 2 aromatic carbocycles. The predicted molar refractivity (Wildman–Crippen MR) is 182 cm³/mol. The third kappa shape index (κ3) is 5.52. The van der Waals surface area contributed by atoms with Crippen molar-refractivity contribution in [3.8, 4) is 11.8 Å². The van der Waals surface area contributed by atoms with E-state index in [0.717, 1.165) is 51.7 Å². The SMILES string of the molecule is Cc1nn(CC#Cc2cccc3c2CN(C2CCC(=O)NC2=O)C3=O)c2cc(C(=O)Nc3cc4[nH]c([C@H]5CCCN5C)cc4cn3)ccc12. The molecule has 0 bridgehead atoms. The molecule has 5 aromatic rings. The van der Waals surface area contributed by atoms with Crippen LogP contribution in [0.4, 0.5) is 5.82 Å². The lowest BCUT2D eigenvalue weighted by atomic mass is 10.0. The standard InChI is InChI=1S/C37H34N8O4/c1-21-25-11-10-23(35(47)40-33-18-28-24(19-38-33)16-29(39-28)30-9-5-14-43(30)2)17-32(25)45(42-21)15-4-7-22-6-3-8-26-27(22)20-44(37(26)49)31-12-13-34(46)41-36(31)48/h3,6,8,10-11,16-19,30-31,39H,5,9,12-15,20H2,1-2H3,(H,38,40,47)(H,41,46,48)/t30-,31?/m1/s1. The second kappa shape index (κ2) is 12.0. The molecule has 3 N–H and O–H groups in total. The van der Waals surface area contributed by atoms with E-state index in [4.69, 9.17) is 0 Å². The molecule has 49 heavy (non-hydrogen) atoms. The Hall–Kier alpha value is -5.80. The van der Waals surface area contributed by atoms with Gasteiger partial charge in [0.25, 0.3) is 11.8 Å². The van der Waals surface area contributed by atoms with Gasteiger partial charge >= 0.3 is 0 Å². The molecule has 246 valence electrons. The van der Waals surface area contributed by atoms with Crippen LogP contribution in [0.3, 0.4) is 0 Å². The summed E-state index contributed by atoms with van der Waals surface area (Å²) in [4.78, 5) is 62.6. The predicted octanol–water partition coefficient (Wildman–Crippen LogP) is 4.05. The van der Waals surface area contributed by atoms with Crippen LogP contribution in [0.2, 0.25) is 0 Å². The molecular formula is C37H34N8O4. The molecule has 3 aromatic heterocycles. The monoisotopic (exact) mass is 654 g/mol. The number of nitrogens with one attached hydrogen (secondary N) is 3. The topological polar surface area (TPSA) is 145 Å². The number of nitrogens with zero attached hydrogens (tertiary/aromatic N) is 5. The van der Waals surface area contributed by atoms with Gasteiger partial charge in [0.15, 0.2) is 0 Å². The van der Waals surface area contributed by atoms with Crippen molar-refractivity contribution in [2.45, 2.75) is 57.8 Å². The first-order valence-electron chi connectivity index (χ1n) is 16.5. The van der Waals surface area contributed by atoms with E-state index < -0.39 is 11.9 Å². The van der Waals surface area contributed by atoms with Gasteiger partial charge in [-0.3, -0.25) is 34.1 Å². The van der Waals surface area contributed by atoms with E-state index in [0.29, 0.717) is 35.0 Å². The van der Waals surface area contributed by atoms with Gasteiger partial charge in [0.05, 0.1) is 16.7 Å². The first-order chi connectivity index (χ1) is 23.7. The van der Waals surface area contributed by atoms with Crippen molar-refractivity contribution in [2.75, 3.05) is 18.9 Å². The number of rotatable bonds is 5. The number of amides is 4. The highest BCUT2D eigenvalue weighted by Crippen LogP contribution is 2.32. The van der Waals surface area contributed by atoms with Crippen molar-refractivity contribution in [2.24, 2.45) is 0 Å². The molecule has 3 aliphatic heterocycles. The molecule has 2 fully saturated rings. The van der Waals surface area contributed by atoms with E-state index in [-0.39, 0.29) is 37.2 Å². The Kier molecular flexibility index (Phi) is 7.49. The van der Waals surface area contributed by atoms with E-state index >= 15 is 0 Å². The van der Waals surface area contributed by atoms with Crippen LogP contribution in [-0.4, -0.2) is 72.8 Å². The number of carbonyl (C=O) groups is 4. The van der Waals surface area contributed by atoms with E-state index in [1.165, 1.54) is 11.3 Å². The molecule has 12 nitrogen and oxygen atoms in total. The van der Waals surface area contributed by atoms with Crippen LogP contribution in [0.1, 0.15) is 75.0 Å². The van der Waals surface area contributed by atoms with Crippen molar-refractivity contribution in [1.82, 2.24) is 34.9 Å². The highest BCUT2D eigenvalue weighted by Gasteiger charge is 2.39. The van der Waals surface area contributed by atoms with Gasteiger partial charge in [-0.1, -0.05) is 24.0 Å². The number of H-pyrrole nitrogens is 1. The van der Waals surface area contributed by atoms with Crippen molar-refractivity contribution in [3.05, 3.63) is 88.4 Å². The summed E-state index contributed by atoms with van der Waals surface area (Å²) in [6.45, 7) is 3.50. The summed E-state index contributed by atoms with van der Waals surface area (Å²) >= 11 is 0. The summed E-state index contributed by atoms with van der Waals surface area (Å²) in [6.07, 6.45) is 4.57. The van der Waals surface area contributed by atoms with Gasteiger partial charge in [-0.05, 0) is 75.7 Å². The van der Waals surface area contributed by atoms with Crippen molar-refractivity contribution < 1.29 is 19.2 Å². The first-order valence-corrected chi connectivity index (χ1v) is 16.5. The van der Waals surface area contributed by atoms with Gasteiger partial charge in [0.2, 0.25) is 11.8 Å². The van der Waals surface area contributed by atoms with Gasteiger partial charge in [0, 0.05) is 64.4 Å². The summed E-state index contributed by atoms with van der Waals surface area (Å²) < 4.78 is 1.77. The molecule has 2 atom stereocenters. The maximum absolute atomic E-state index is 13.4. The number of aromatic amines is 1. The Morgan fingerprint density at radius 1 is 1.08 bits per heavy atom. The van der Waals surface area contributed by atoms with Gasteiger partial charge in [-0.25, -0.2) is 4.98 Å². The molecule has 0 spiro atoms. The number of imide groups is 1. The molecule has 2 saturated heterocycles. The minimum atomic E-state index is -0.688. The van der Waals surface area contributed by atoms with Gasteiger partial charge in [-0.2, -0.15) is 5.10 Å². The number of likely N-dealkylation sites (tertiary alicyclic amines) is 1. The molecule has 1 unspecified atom stereocenters.